The molecule has 1 N–H and O–H groups in total. The van der Waals surface area contributed by atoms with Crippen molar-refractivity contribution in [2.45, 2.75) is 24.8 Å². The van der Waals surface area contributed by atoms with E-state index in [1.807, 2.05) is 6.07 Å². The van der Waals surface area contributed by atoms with Crippen molar-refractivity contribution in [1.29, 1.82) is 0 Å². The Labute approximate surface area is 91.7 Å². The first-order valence-corrected chi connectivity index (χ1v) is 5.29. The minimum absolute atomic E-state index is 0.0697. The fourth-order valence-electron chi connectivity index (χ4n) is 2.28. The molecule has 84 valence electrons. The fraction of sp³-hybridized carbons (Fsp3) is 0.417. The first-order valence-electron chi connectivity index (χ1n) is 5.29. The van der Waals surface area contributed by atoms with Crippen molar-refractivity contribution >= 4 is 5.91 Å². The van der Waals surface area contributed by atoms with Gasteiger partial charge in [0.05, 0.1) is 5.41 Å². The van der Waals surface area contributed by atoms with Crippen LogP contribution in [-0.4, -0.2) is 17.9 Å². The van der Waals surface area contributed by atoms with Crippen LogP contribution in [0.15, 0.2) is 30.3 Å². The molecule has 2 atom stereocenters. The summed E-state index contributed by atoms with van der Waals surface area (Å²) in [5.41, 5.74) is -0.370. The van der Waals surface area contributed by atoms with Gasteiger partial charge in [-0.15, -0.1) is 0 Å². The predicted molar refractivity (Wildman–Crippen MR) is 54.3 cm³/mol. The Balaban J connectivity index is 1.64. The second-order valence-corrected chi connectivity index (χ2v) is 4.63. The summed E-state index contributed by atoms with van der Waals surface area (Å²) < 4.78 is 25.8. The van der Waals surface area contributed by atoms with Crippen molar-refractivity contribution in [2.75, 3.05) is 0 Å². The Morgan fingerprint density at radius 2 is 1.94 bits per heavy atom. The number of amides is 1. The molecule has 0 saturated heterocycles. The molecule has 4 heteroatoms. The lowest BCUT2D eigenvalue weighted by molar-refractivity contribution is 0.0868. The normalized spacial score (nSPS) is 33.5. The van der Waals surface area contributed by atoms with Crippen molar-refractivity contribution < 1.29 is 13.6 Å². The van der Waals surface area contributed by atoms with E-state index < -0.39 is 11.3 Å². The van der Waals surface area contributed by atoms with E-state index in [-0.39, 0.29) is 18.4 Å². The molecule has 2 aliphatic carbocycles. The molecule has 0 aromatic heterocycles. The summed E-state index contributed by atoms with van der Waals surface area (Å²) in [5, 5.41) is 2.66. The van der Waals surface area contributed by atoms with Gasteiger partial charge in [0.1, 0.15) is 0 Å². The second-order valence-electron chi connectivity index (χ2n) is 4.63. The molecule has 1 aromatic carbocycles. The number of carbonyl (C=O) groups excluding carboxylic acids is 1. The third-order valence-electron chi connectivity index (χ3n) is 3.56. The van der Waals surface area contributed by atoms with Gasteiger partial charge in [-0.25, -0.2) is 8.78 Å². The van der Waals surface area contributed by atoms with Gasteiger partial charge in [0.2, 0.25) is 0 Å². The van der Waals surface area contributed by atoms with Crippen molar-refractivity contribution in [3.63, 3.8) is 0 Å². The number of benzene rings is 1. The van der Waals surface area contributed by atoms with Gasteiger partial charge in [0, 0.05) is 18.0 Å². The van der Waals surface area contributed by atoms with E-state index in [9.17, 15) is 13.6 Å². The number of hydrogen-bond donors (Lipinski definition) is 1. The van der Waals surface area contributed by atoms with Gasteiger partial charge in [-0.3, -0.25) is 4.79 Å². The average molecular weight is 223 g/mol. The van der Waals surface area contributed by atoms with E-state index in [0.29, 0.717) is 12.0 Å². The molecular formula is C12H11F2NO. The smallest absolute Gasteiger partial charge is 0.256 e. The van der Waals surface area contributed by atoms with Gasteiger partial charge < -0.3 is 5.32 Å². The Bertz CT molecular complexity index is 446. The monoisotopic (exact) mass is 223 g/mol. The number of carbonyl (C=O) groups is 1. The highest BCUT2D eigenvalue weighted by atomic mass is 19.3. The summed E-state index contributed by atoms with van der Waals surface area (Å²) in [6.45, 7) is 0. The summed E-state index contributed by atoms with van der Waals surface area (Å²) in [5.74, 6) is -2.81. The zero-order valence-electron chi connectivity index (χ0n) is 8.54. The van der Waals surface area contributed by atoms with Crippen LogP contribution >= 0.6 is 0 Å². The van der Waals surface area contributed by atoms with Gasteiger partial charge in [0.25, 0.3) is 11.8 Å². The maximum atomic E-state index is 12.9. The summed E-state index contributed by atoms with van der Waals surface area (Å²) >= 11 is 0. The van der Waals surface area contributed by atoms with Crippen LogP contribution in [0.3, 0.4) is 0 Å². The third kappa shape index (κ3) is 1.25. The Kier molecular flexibility index (Phi) is 1.71. The molecule has 2 aliphatic rings. The molecule has 16 heavy (non-hydrogen) atoms. The molecular weight excluding hydrogens is 212 g/mol. The van der Waals surface area contributed by atoms with Crippen LogP contribution in [0.25, 0.3) is 0 Å². The molecule has 0 heterocycles. The van der Waals surface area contributed by atoms with E-state index in [2.05, 4.69) is 5.32 Å². The number of alkyl halides is 2. The molecule has 3 rings (SSSR count). The number of halogens is 2. The van der Waals surface area contributed by atoms with Gasteiger partial charge in [-0.2, -0.15) is 0 Å². The highest BCUT2D eigenvalue weighted by Crippen LogP contribution is 2.75. The van der Waals surface area contributed by atoms with Crippen molar-refractivity contribution in [1.82, 2.24) is 5.32 Å². The zero-order chi connectivity index (χ0) is 11.4. The van der Waals surface area contributed by atoms with Crippen LogP contribution in [-0.2, 0) is 0 Å². The SMILES string of the molecule is O=C(NC1CC12CC2(F)F)c1ccccc1. The molecule has 2 saturated carbocycles. The fourth-order valence-corrected chi connectivity index (χ4v) is 2.28. The van der Waals surface area contributed by atoms with Crippen LogP contribution in [0.5, 0.6) is 0 Å². The lowest BCUT2D eigenvalue weighted by Gasteiger charge is -2.03. The van der Waals surface area contributed by atoms with Crippen LogP contribution in [0, 0.1) is 5.41 Å². The number of hydrogen-bond acceptors (Lipinski definition) is 1. The van der Waals surface area contributed by atoms with Crippen LogP contribution in [0.1, 0.15) is 23.2 Å². The van der Waals surface area contributed by atoms with Crippen molar-refractivity contribution in [2.24, 2.45) is 5.41 Å². The largest absolute Gasteiger partial charge is 0.348 e. The lowest BCUT2D eigenvalue weighted by Crippen LogP contribution is -2.27. The summed E-state index contributed by atoms with van der Waals surface area (Å²) in [6, 6.07) is 8.33. The Hall–Kier alpha value is -1.45. The van der Waals surface area contributed by atoms with E-state index in [4.69, 9.17) is 0 Å². The van der Waals surface area contributed by atoms with Crippen molar-refractivity contribution in [3.05, 3.63) is 35.9 Å². The topological polar surface area (TPSA) is 29.1 Å². The van der Waals surface area contributed by atoms with Gasteiger partial charge in [0.15, 0.2) is 0 Å². The number of nitrogens with one attached hydrogen (secondary N) is 1. The van der Waals surface area contributed by atoms with Crippen LogP contribution in [0.2, 0.25) is 0 Å². The first-order chi connectivity index (χ1) is 7.55. The van der Waals surface area contributed by atoms with Crippen molar-refractivity contribution in [3.8, 4) is 0 Å². The first kappa shape index (κ1) is 9.75. The minimum atomic E-state index is -2.55. The van der Waals surface area contributed by atoms with E-state index in [1.165, 1.54) is 0 Å². The summed E-state index contributed by atoms with van der Waals surface area (Å²) in [6.07, 6.45) is 0.346. The predicted octanol–water partition coefficient (Wildman–Crippen LogP) is 2.21. The van der Waals surface area contributed by atoms with E-state index in [0.717, 1.165) is 0 Å². The molecule has 2 nitrogen and oxygen atoms in total. The molecule has 1 amide bonds. The van der Waals surface area contributed by atoms with Gasteiger partial charge >= 0.3 is 0 Å². The summed E-state index contributed by atoms with van der Waals surface area (Å²) in [4.78, 5) is 11.7. The maximum Gasteiger partial charge on any atom is 0.256 e. The lowest BCUT2D eigenvalue weighted by atomic mass is 10.2. The summed E-state index contributed by atoms with van der Waals surface area (Å²) in [7, 11) is 0. The zero-order valence-corrected chi connectivity index (χ0v) is 8.54. The second kappa shape index (κ2) is 2.81. The molecule has 0 bridgehead atoms. The van der Waals surface area contributed by atoms with Crippen LogP contribution in [0.4, 0.5) is 8.78 Å². The van der Waals surface area contributed by atoms with E-state index in [1.54, 1.807) is 24.3 Å². The molecule has 2 fully saturated rings. The highest BCUT2D eigenvalue weighted by molar-refractivity contribution is 5.94. The Morgan fingerprint density at radius 3 is 2.44 bits per heavy atom. The van der Waals surface area contributed by atoms with Gasteiger partial charge in [-0.1, -0.05) is 18.2 Å². The highest BCUT2D eigenvalue weighted by Gasteiger charge is 2.84. The quantitative estimate of drug-likeness (QED) is 0.818. The standard InChI is InChI=1S/C12H11F2NO/c13-12(14)7-11(12)6-9(11)15-10(16)8-4-2-1-3-5-8/h1-5,9H,6-7H2,(H,15,16). The molecule has 0 aliphatic heterocycles. The number of rotatable bonds is 2. The molecule has 2 unspecified atom stereocenters. The minimum Gasteiger partial charge on any atom is -0.348 e. The molecule has 1 aromatic rings. The average Bonchev–Trinajstić information content (AvgIpc) is 3.07. The third-order valence-corrected chi connectivity index (χ3v) is 3.56. The van der Waals surface area contributed by atoms with Crippen LogP contribution < -0.4 is 5.32 Å². The van der Waals surface area contributed by atoms with Gasteiger partial charge in [-0.05, 0) is 18.6 Å². The molecule has 0 radical (unpaired) electrons. The van der Waals surface area contributed by atoms with E-state index >= 15 is 0 Å². The molecule has 1 spiro atoms. The maximum absolute atomic E-state index is 12.9. The Morgan fingerprint density at radius 1 is 1.31 bits per heavy atom.